The third-order valence-electron chi connectivity index (χ3n) is 5.70. The molecule has 6 rings (SSSR count). The van der Waals surface area contributed by atoms with Crippen molar-refractivity contribution in [3.05, 3.63) is 105 Å². The molecule has 156 valence electrons. The van der Waals surface area contributed by atoms with Gasteiger partial charge in [0.15, 0.2) is 10.6 Å². The van der Waals surface area contributed by atoms with E-state index in [-0.39, 0.29) is 16.8 Å². The Hall–Kier alpha value is -3.84. The van der Waals surface area contributed by atoms with E-state index in [9.17, 15) is 14.0 Å². The molecule has 5 aromatic rings. The lowest BCUT2D eigenvalue weighted by molar-refractivity contribution is 0.0971. The minimum atomic E-state index is -0.763. The van der Waals surface area contributed by atoms with E-state index >= 15 is 0 Å². The number of hydrogen-bond acceptors (Lipinski definition) is 5. The van der Waals surface area contributed by atoms with E-state index < -0.39 is 17.8 Å². The molecule has 3 aromatic carbocycles. The third-order valence-corrected chi connectivity index (χ3v) is 6.72. The van der Waals surface area contributed by atoms with Crippen molar-refractivity contribution in [3.63, 3.8) is 0 Å². The second kappa shape index (κ2) is 6.83. The molecule has 2 aromatic heterocycles. The Labute approximate surface area is 185 Å². The van der Waals surface area contributed by atoms with Crippen LogP contribution in [0.4, 0.5) is 9.52 Å². The maximum absolute atomic E-state index is 13.7. The molecule has 1 aliphatic rings. The monoisotopic (exact) mass is 442 g/mol. The number of halogens is 1. The predicted molar refractivity (Wildman–Crippen MR) is 122 cm³/mol. The summed E-state index contributed by atoms with van der Waals surface area (Å²) in [5.41, 5.74) is 2.78. The van der Waals surface area contributed by atoms with Crippen molar-refractivity contribution in [1.82, 2.24) is 4.98 Å². The number of para-hydroxylation sites is 1. The first-order chi connectivity index (χ1) is 15.5. The predicted octanol–water partition coefficient (Wildman–Crippen LogP) is 5.60. The van der Waals surface area contributed by atoms with Crippen molar-refractivity contribution in [2.24, 2.45) is 0 Å². The minimum Gasteiger partial charge on any atom is -0.450 e. The number of anilines is 1. The van der Waals surface area contributed by atoms with Crippen LogP contribution in [0.15, 0.2) is 75.9 Å². The van der Waals surface area contributed by atoms with Crippen LogP contribution in [0.1, 0.15) is 33.3 Å². The molecule has 0 saturated heterocycles. The molecule has 0 radical (unpaired) electrons. The number of aryl methyl sites for hydroxylation is 1. The van der Waals surface area contributed by atoms with Gasteiger partial charge in [0.2, 0.25) is 5.76 Å². The SMILES string of the molecule is Cc1ccc2nc(N3C(=O)c4oc5ccccc5c(=O)c4[C@H]3c3ccc(F)cc3)sc2c1. The van der Waals surface area contributed by atoms with Crippen LogP contribution in [0.3, 0.4) is 0 Å². The van der Waals surface area contributed by atoms with Gasteiger partial charge in [-0.3, -0.25) is 14.5 Å². The van der Waals surface area contributed by atoms with Gasteiger partial charge >= 0.3 is 0 Å². The van der Waals surface area contributed by atoms with Gasteiger partial charge in [-0.2, -0.15) is 0 Å². The molecule has 0 unspecified atom stereocenters. The van der Waals surface area contributed by atoms with Crippen molar-refractivity contribution < 1.29 is 13.6 Å². The molecule has 0 spiro atoms. The number of thiazole rings is 1. The first kappa shape index (κ1) is 18.9. The Bertz CT molecular complexity index is 1600. The van der Waals surface area contributed by atoms with Crippen LogP contribution in [0.25, 0.3) is 21.2 Å². The molecule has 0 N–H and O–H groups in total. The molecule has 0 fully saturated rings. The van der Waals surface area contributed by atoms with Gasteiger partial charge in [-0.1, -0.05) is 41.7 Å². The first-order valence-electron chi connectivity index (χ1n) is 10.0. The van der Waals surface area contributed by atoms with E-state index in [0.717, 1.165) is 15.8 Å². The maximum atomic E-state index is 13.7. The zero-order valence-electron chi connectivity index (χ0n) is 16.8. The molecule has 1 atom stereocenters. The second-order valence-corrected chi connectivity index (χ2v) is 8.78. The number of benzene rings is 3. The molecule has 0 aliphatic carbocycles. The second-order valence-electron chi connectivity index (χ2n) is 7.77. The number of carbonyl (C=O) groups excluding carboxylic acids is 1. The van der Waals surface area contributed by atoms with Crippen LogP contribution in [0.5, 0.6) is 0 Å². The fourth-order valence-electron chi connectivity index (χ4n) is 4.20. The molecule has 5 nitrogen and oxygen atoms in total. The highest BCUT2D eigenvalue weighted by molar-refractivity contribution is 7.22. The van der Waals surface area contributed by atoms with Crippen LogP contribution < -0.4 is 10.3 Å². The number of amides is 1. The largest absolute Gasteiger partial charge is 0.450 e. The van der Waals surface area contributed by atoms with Gasteiger partial charge in [0.05, 0.1) is 27.2 Å². The maximum Gasteiger partial charge on any atom is 0.297 e. The summed E-state index contributed by atoms with van der Waals surface area (Å²) in [7, 11) is 0. The van der Waals surface area contributed by atoms with Gasteiger partial charge in [0, 0.05) is 0 Å². The van der Waals surface area contributed by atoms with Crippen LogP contribution in [0, 0.1) is 12.7 Å². The van der Waals surface area contributed by atoms with Gasteiger partial charge < -0.3 is 4.42 Å². The number of nitrogens with zero attached hydrogens (tertiary/aromatic N) is 2. The van der Waals surface area contributed by atoms with E-state index in [1.165, 1.54) is 28.4 Å². The van der Waals surface area contributed by atoms with Crippen molar-refractivity contribution in [2.75, 3.05) is 4.90 Å². The summed E-state index contributed by atoms with van der Waals surface area (Å²) < 4.78 is 20.5. The highest BCUT2D eigenvalue weighted by atomic mass is 32.1. The summed E-state index contributed by atoms with van der Waals surface area (Å²) in [5, 5.41) is 0.854. The van der Waals surface area contributed by atoms with Crippen LogP contribution >= 0.6 is 11.3 Å². The molecule has 0 bridgehead atoms. The van der Waals surface area contributed by atoms with E-state index in [0.29, 0.717) is 21.7 Å². The smallest absolute Gasteiger partial charge is 0.297 e. The highest BCUT2D eigenvalue weighted by Gasteiger charge is 2.45. The van der Waals surface area contributed by atoms with Crippen molar-refractivity contribution in [3.8, 4) is 0 Å². The van der Waals surface area contributed by atoms with Crippen LogP contribution in [-0.2, 0) is 0 Å². The van der Waals surface area contributed by atoms with Gasteiger partial charge in [0.25, 0.3) is 5.91 Å². The lowest BCUT2D eigenvalue weighted by Gasteiger charge is -2.22. The molecule has 1 amide bonds. The molecule has 32 heavy (non-hydrogen) atoms. The van der Waals surface area contributed by atoms with Crippen molar-refractivity contribution >= 4 is 43.6 Å². The average Bonchev–Trinajstić information content (AvgIpc) is 3.33. The zero-order chi connectivity index (χ0) is 22.0. The summed E-state index contributed by atoms with van der Waals surface area (Å²) in [6.07, 6.45) is 0. The van der Waals surface area contributed by atoms with E-state index in [1.807, 2.05) is 25.1 Å². The normalized spacial score (nSPS) is 15.6. The Morgan fingerprint density at radius 1 is 1.03 bits per heavy atom. The molecular weight excluding hydrogens is 427 g/mol. The van der Waals surface area contributed by atoms with Crippen LogP contribution in [-0.4, -0.2) is 10.9 Å². The number of hydrogen-bond donors (Lipinski definition) is 0. The summed E-state index contributed by atoms with van der Waals surface area (Å²) in [6.45, 7) is 1.99. The quantitative estimate of drug-likeness (QED) is 0.357. The number of carbonyl (C=O) groups is 1. The van der Waals surface area contributed by atoms with Gasteiger partial charge in [0.1, 0.15) is 11.4 Å². The Morgan fingerprint density at radius 2 is 1.81 bits per heavy atom. The summed E-state index contributed by atoms with van der Waals surface area (Å²) >= 11 is 1.37. The zero-order valence-corrected chi connectivity index (χ0v) is 17.7. The topological polar surface area (TPSA) is 63.4 Å². The van der Waals surface area contributed by atoms with E-state index in [1.54, 1.807) is 36.4 Å². The van der Waals surface area contributed by atoms with E-state index in [4.69, 9.17) is 4.42 Å². The van der Waals surface area contributed by atoms with Gasteiger partial charge in [-0.15, -0.1) is 0 Å². The Kier molecular flexibility index (Phi) is 4.03. The first-order valence-corrected chi connectivity index (χ1v) is 10.8. The lowest BCUT2D eigenvalue weighted by atomic mass is 9.99. The third kappa shape index (κ3) is 2.71. The number of rotatable bonds is 2. The Balaban J connectivity index is 1.64. The minimum absolute atomic E-state index is 0.00142. The number of fused-ring (bicyclic) bond motifs is 3. The molecular formula is C25H15FN2O3S. The van der Waals surface area contributed by atoms with Gasteiger partial charge in [-0.25, -0.2) is 9.37 Å². The average molecular weight is 442 g/mol. The lowest BCUT2D eigenvalue weighted by Crippen LogP contribution is -2.29. The van der Waals surface area contributed by atoms with E-state index in [2.05, 4.69) is 4.98 Å². The fourth-order valence-corrected chi connectivity index (χ4v) is 5.29. The molecule has 1 aliphatic heterocycles. The molecule has 7 heteroatoms. The van der Waals surface area contributed by atoms with Gasteiger partial charge in [-0.05, 0) is 54.4 Å². The standard InChI is InChI=1S/C25H15FN2O3S/c1-13-6-11-17-19(12-13)32-25(27-17)28-21(14-7-9-15(26)10-8-14)20-22(29)16-4-2-3-5-18(16)31-23(20)24(28)30/h2-12,21H,1H3/t21-/m1/s1. The van der Waals surface area contributed by atoms with Crippen molar-refractivity contribution in [2.45, 2.75) is 13.0 Å². The fraction of sp³-hybridized carbons (Fsp3) is 0.0800. The molecule has 3 heterocycles. The summed E-state index contributed by atoms with van der Waals surface area (Å²) in [6, 6.07) is 17.8. The van der Waals surface area contributed by atoms with Crippen LogP contribution in [0.2, 0.25) is 0 Å². The summed E-state index contributed by atoms with van der Waals surface area (Å²) in [5.74, 6) is -0.836. The molecule has 0 saturated carbocycles. The Morgan fingerprint density at radius 3 is 2.62 bits per heavy atom. The summed E-state index contributed by atoms with van der Waals surface area (Å²) in [4.78, 5) is 33.2. The van der Waals surface area contributed by atoms with Crippen molar-refractivity contribution in [1.29, 1.82) is 0 Å². The number of aromatic nitrogens is 1. The highest BCUT2D eigenvalue weighted by Crippen LogP contribution is 2.43.